The minimum absolute atomic E-state index is 0.0318. The maximum absolute atomic E-state index is 11.9. The molecule has 2 rings (SSSR count). The molecule has 4 nitrogen and oxygen atoms in total. The Bertz CT molecular complexity index is 625. The second kappa shape index (κ2) is 8.08. The van der Waals surface area contributed by atoms with Crippen LogP contribution in [0, 0.1) is 6.92 Å². The van der Waals surface area contributed by atoms with Gasteiger partial charge in [-0.3, -0.25) is 4.79 Å². The molecule has 0 heterocycles. The van der Waals surface area contributed by atoms with Gasteiger partial charge < -0.3 is 14.8 Å². The van der Waals surface area contributed by atoms with Gasteiger partial charge in [0.1, 0.15) is 0 Å². The lowest BCUT2D eigenvalue weighted by molar-refractivity contribution is -0.123. The van der Waals surface area contributed by atoms with Gasteiger partial charge in [0.15, 0.2) is 18.1 Å². The molecule has 0 aromatic heterocycles. The molecule has 0 bridgehead atoms. The van der Waals surface area contributed by atoms with Crippen LogP contribution in [0.15, 0.2) is 48.5 Å². The Morgan fingerprint density at radius 3 is 2.45 bits per heavy atom. The monoisotopic (exact) mass is 299 g/mol. The molecular formula is C18H21NO3. The van der Waals surface area contributed by atoms with Gasteiger partial charge in [-0.05, 0) is 31.5 Å². The highest BCUT2D eigenvalue weighted by Crippen LogP contribution is 2.26. The molecule has 0 aliphatic heterocycles. The smallest absolute Gasteiger partial charge is 0.258 e. The Morgan fingerprint density at radius 2 is 1.77 bits per heavy atom. The zero-order chi connectivity index (χ0) is 15.8. The Labute approximate surface area is 131 Å². The Morgan fingerprint density at radius 1 is 1.05 bits per heavy atom. The van der Waals surface area contributed by atoms with Crippen molar-refractivity contribution in [3.8, 4) is 11.5 Å². The topological polar surface area (TPSA) is 47.6 Å². The second-order valence-corrected chi connectivity index (χ2v) is 4.93. The highest BCUT2D eigenvalue weighted by Gasteiger charge is 2.07. The lowest BCUT2D eigenvalue weighted by Crippen LogP contribution is -2.28. The summed E-state index contributed by atoms with van der Waals surface area (Å²) in [6.45, 7) is 4.96. The summed E-state index contributed by atoms with van der Waals surface area (Å²) in [5.41, 5.74) is 2.25. The average molecular weight is 299 g/mol. The van der Waals surface area contributed by atoms with Crippen LogP contribution in [0.3, 0.4) is 0 Å². The first kappa shape index (κ1) is 15.9. The zero-order valence-electron chi connectivity index (χ0n) is 13.0. The van der Waals surface area contributed by atoms with Crippen molar-refractivity contribution >= 4 is 5.91 Å². The number of amides is 1. The van der Waals surface area contributed by atoms with E-state index in [9.17, 15) is 4.79 Å². The summed E-state index contributed by atoms with van der Waals surface area (Å²) in [4.78, 5) is 11.9. The molecule has 0 unspecified atom stereocenters. The summed E-state index contributed by atoms with van der Waals surface area (Å²) in [6, 6.07) is 15.4. The Balaban J connectivity index is 1.83. The van der Waals surface area contributed by atoms with Crippen LogP contribution < -0.4 is 14.8 Å². The molecule has 2 aromatic rings. The number of aryl methyl sites for hydroxylation is 1. The van der Waals surface area contributed by atoms with Gasteiger partial charge in [0, 0.05) is 6.54 Å². The molecule has 0 radical (unpaired) electrons. The quantitative estimate of drug-likeness (QED) is 0.854. The molecule has 0 aliphatic rings. The SMILES string of the molecule is CCOc1ccccc1OCC(=O)NCc1cccc(C)c1. The third kappa shape index (κ3) is 4.81. The lowest BCUT2D eigenvalue weighted by atomic mass is 10.1. The van der Waals surface area contributed by atoms with E-state index in [2.05, 4.69) is 5.32 Å². The molecule has 116 valence electrons. The fourth-order valence-electron chi connectivity index (χ4n) is 2.06. The molecule has 4 heteroatoms. The van der Waals surface area contributed by atoms with Crippen LogP contribution in [0.2, 0.25) is 0 Å². The number of carbonyl (C=O) groups excluding carboxylic acids is 1. The van der Waals surface area contributed by atoms with Crippen molar-refractivity contribution in [1.82, 2.24) is 5.32 Å². The van der Waals surface area contributed by atoms with Crippen molar-refractivity contribution in [2.75, 3.05) is 13.2 Å². The number of benzene rings is 2. The molecule has 0 saturated heterocycles. The van der Waals surface area contributed by atoms with Gasteiger partial charge in [0.2, 0.25) is 0 Å². The number of carbonyl (C=O) groups is 1. The molecule has 0 aliphatic carbocycles. The maximum atomic E-state index is 11.9. The first-order chi connectivity index (χ1) is 10.7. The van der Waals surface area contributed by atoms with Crippen molar-refractivity contribution in [3.05, 3.63) is 59.7 Å². The molecule has 1 amide bonds. The van der Waals surface area contributed by atoms with Crippen LogP contribution in [-0.2, 0) is 11.3 Å². The number of hydrogen-bond donors (Lipinski definition) is 1. The van der Waals surface area contributed by atoms with Crippen molar-refractivity contribution in [2.24, 2.45) is 0 Å². The standard InChI is InChI=1S/C18H21NO3/c1-3-21-16-9-4-5-10-17(16)22-13-18(20)19-12-15-8-6-7-14(2)11-15/h4-11H,3,12-13H2,1-2H3,(H,19,20). The lowest BCUT2D eigenvalue weighted by Gasteiger charge is -2.11. The van der Waals surface area contributed by atoms with E-state index < -0.39 is 0 Å². The van der Waals surface area contributed by atoms with E-state index in [1.165, 1.54) is 5.56 Å². The van der Waals surface area contributed by atoms with E-state index in [0.717, 1.165) is 5.56 Å². The van der Waals surface area contributed by atoms with Crippen molar-refractivity contribution in [2.45, 2.75) is 20.4 Å². The van der Waals surface area contributed by atoms with Crippen molar-refractivity contribution in [1.29, 1.82) is 0 Å². The Hall–Kier alpha value is -2.49. The third-order valence-corrected chi connectivity index (χ3v) is 3.08. The molecule has 0 fully saturated rings. The van der Waals surface area contributed by atoms with E-state index in [1.807, 2.05) is 56.3 Å². The summed E-state index contributed by atoms with van der Waals surface area (Å²) < 4.78 is 11.0. The molecule has 0 spiro atoms. The number of rotatable bonds is 7. The third-order valence-electron chi connectivity index (χ3n) is 3.08. The van der Waals surface area contributed by atoms with Gasteiger partial charge >= 0.3 is 0 Å². The summed E-state index contributed by atoms with van der Waals surface area (Å²) in [6.07, 6.45) is 0. The van der Waals surface area contributed by atoms with Gasteiger partial charge in [-0.1, -0.05) is 42.0 Å². The maximum Gasteiger partial charge on any atom is 0.258 e. The van der Waals surface area contributed by atoms with Crippen LogP contribution in [0.5, 0.6) is 11.5 Å². The molecular weight excluding hydrogens is 278 g/mol. The molecule has 2 aromatic carbocycles. The summed E-state index contributed by atoms with van der Waals surface area (Å²) in [5.74, 6) is 1.07. The Kier molecular flexibility index (Phi) is 5.83. The van der Waals surface area contributed by atoms with Gasteiger partial charge in [0.25, 0.3) is 5.91 Å². The molecule has 1 N–H and O–H groups in total. The first-order valence-corrected chi connectivity index (χ1v) is 7.36. The summed E-state index contributed by atoms with van der Waals surface area (Å²) in [7, 11) is 0. The fourth-order valence-corrected chi connectivity index (χ4v) is 2.06. The van der Waals surface area contributed by atoms with Crippen molar-refractivity contribution in [3.63, 3.8) is 0 Å². The van der Waals surface area contributed by atoms with E-state index in [4.69, 9.17) is 9.47 Å². The normalized spacial score (nSPS) is 10.1. The largest absolute Gasteiger partial charge is 0.490 e. The predicted molar refractivity (Wildman–Crippen MR) is 86.1 cm³/mol. The zero-order valence-corrected chi connectivity index (χ0v) is 13.0. The minimum Gasteiger partial charge on any atom is -0.490 e. The fraction of sp³-hybridized carbons (Fsp3) is 0.278. The van der Waals surface area contributed by atoms with Crippen LogP contribution in [0.4, 0.5) is 0 Å². The number of ether oxygens (including phenoxy) is 2. The number of para-hydroxylation sites is 2. The van der Waals surface area contributed by atoms with Gasteiger partial charge in [-0.15, -0.1) is 0 Å². The first-order valence-electron chi connectivity index (χ1n) is 7.36. The van der Waals surface area contributed by atoms with Crippen LogP contribution in [0.25, 0.3) is 0 Å². The van der Waals surface area contributed by atoms with Crippen LogP contribution in [-0.4, -0.2) is 19.1 Å². The predicted octanol–water partition coefficient (Wildman–Crippen LogP) is 3.09. The van der Waals surface area contributed by atoms with Gasteiger partial charge in [-0.25, -0.2) is 0 Å². The highest BCUT2D eigenvalue weighted by molar-refractivity contribution is 5.77. The highest BCUT2D eigenvalue weighted by atomic mass is 16.5. The molecule has 0 saturated carbocycles. The van der Waals surface area contributed by atoms with Crippen molar-refractivity contribution < 1.29 is 14.3 Å². The van der Waals surface area contributed by atoms with Gasteiger partial charge in [0.05, 0.1) is 6.61 Å². The van der Waals surface area contributed by atoms with Gasteiger partial charge in [-0.2, -0.15) is 0 Å². The number of hydrogen-bond acceptors (Lipinski definition) is 3. The summed E-state index contributed by atoms with van der Waals surface area (Å²) in [5, 5.41) is 2.84. The minimum atomic E-state index is -0.159. The van der Waals surface area contributed by atoms with Crippen LogP contribution in [0.1, 0.15) is 18.1 Å². The summed E-state index contributed by atoms with van der Waals surface area (Å²) >= 11 is 0. The molecule has 0 atom stereocenters. The average Bonchev–Trinajstić information content (AvgIpc) is 2.52. The van der Waals surface area contributed by atoms with Crippen LogP contribution >= 0.6 is 0 Å². The number of nitrogens with one attached hydrogen (secondary N) is 1. The second-order valence-electron chi connectivity index (χ2n) is 4.93. The van der Waals surface area contributed by atoms with E-state index in [0.29, 0.717) is 24.7 Å². The van der Waals surface area contributed by atoms with E-state index in [1.54, 1.807) is 6.07 Å². The molecule has 22 heavy (non-hydrogen) atoms. The van der Waals surface area contributed by atoms with E-state index >= 15 is 0 Å². The van der Waals surface area contributed by atoms with E-state index in [-0.39, 0.29) is 12.5 Å².